The summed E-state index contributed by atoms with van der Waals surface area (Å²) in [5.41, 5.74) is 0. The predicted octanol–water partition coefficient (Wildman–Crippen LogP) is 2.15. The number of carbonyl (C=O) groups is 2. The van der Waals surface area contributed by atoms with Crippen LogP contribution in [0.5, 0.6) is 0 Å². The molecule has 0 aromatic heterocycles. The SMILES string of the molecule is C=C(CN1CCC(O)CC1)S(=O)(=O)c1ccccc1.O=C(O)CCCCC(=O)O. The Labute approximate surface area is 171 Å². The van der Waals surface area contributed by atoms with E-state index >= 15 is 0 Å². The molecule has 162 valence electrons. The fourth-order valence-corrected chi connectivity index (χ4v) is 3.93. The summed E-state index contributed by atoms with van der Waals surface area (Å²) in [5, 5.41) is 25.7. The molecule has 0 radical (unpaired) electrons. The normalized spacial score (nSPS) is 15.2. The molecule has 9 heteroatoms. The topological polar surface area (TPSA) is 132 Å². The van der Waals surface area contributed by atoms with Crippen LogP contribution in [0.1, 0.15) is 38.5 Å². The molecule has 1 saturated heterocycles. The van der Waals surface area contributed by atoms with Crippen molar-refractivity contribution in [1.29, 1.82) is 0 Å². The molecule has 1 aliphatic rings. The van der Waals surface area contributed by atoms with Gasteiger partial charge in [0, 0.05) is 32.5 Å². The van der Waals surface area contributed by atoms with Crippen LogP contribution in [0.4, 0.5) is 0 Å². The van der Waals surface area contributed by atoms with Crippen LogP contribution in [0.3, 0.4) is 0 Å². The van der Waals surface area contributed by atoms with E-state index in [1.807, 2.05) is 4.90 Å². The first-order chi connectivity index (χ1) is 13.6. The molecule has 1 aromatic rings. The number of piperidine rings is 1. The van der Waals surface area contributed by atoms with Gasteiger partial charge in [0.25, 0.3) is 0 Å². The van der Waals surface area contributed by atoms with Crippen molar-refractivity contribution in [2.75, 3.05) is 19.6 Å². The summed E-state index contributed by atoms with van der Waals surface area (Å²) in [5.74, 6) is -1.74. The van der Waals surface area contributed by atoms with Crippen LogP contribution in [-0.2, 0) is 19.4 Å². The Bertz CT molecular complexity index is 753. The van der Waals surface area contributed by atoms with Gasteiger partial charge in [-0.15, -0.1) is 0 Å². The lowest BCUT2D eigenvalue weighted by Gasteiger charge is -2.29. The number of aliphatic hydroxyl groups is 1. The minimum Gasteiger partial charge on any atom is -0.481 e. The van der Waals surface area contributed by atoms with Crippen molar-refractivity contribution in [2.24, 2.45) is 0 Å². The van der Waals surface area contributed by atoms with Gasteiger partial charge in [-0.1, -0.05) is 24.8 Å². The van der Waals surface area contributed by atoms with Crippen molar-refractivity contribution in [2.45, 2.75) is 49.5 Å². The molecule has 1 aromatic carbocycles. The van der Waals surface area contributed by atoms with Gasteiger partial charge < -0.3 is 15.3 Å². The third-order valence-corrected chi connectivity index (χ3v) is 6.20. The molecule has 0 amide bonds. The standard InChI is InChI=1S/C14H19NO3S.C6H10O4/c1-12(11-15-9-7-13(16)8-10-15)19(17,18)14-5-3-2-4-6-14;7-5(8)3-1-2-4-6(9)10/h2-6,13,16H,1,7-11H2;1-4H2,(H,7,8)(H,9,10). The minimum absolute atomic E-state index is 0.0628. The van der Waals surface area contributed by atoms with Gasteiger partial charge in [-0.2, -0.15) is 0 Å². The zero-order valence-electron chi connectivity index (χ0n) is 16.4. The predicted molar refractivity (Wildman–Crippen MR) is 108 cm³/mol. The summed E-state index contributed by atoms with van der Waals surface area (Å²) in [4.78, 5) is 22.3. The summed E-state index contributed by atoms with van der Waals surface area (Å²) in [7, 11) is -3.45. The monoisotopic (exact) mass is 427 g/mol. The highest BCUT2D eigenvalue weighted by Crippen LogP contribution is 2.20. The zero-order chi connectivity index (χ0) is 21.9. The first-order valence-corrected chi connectivity index (χ1v) is 10.9. The molecule has 0 atom stereocenters. The van der Waals surface area contributed by atoms with E-state index in [0.717, 1.165) is 0 Å². The molecular weight excluding hydrogens is 398 g/mol. The molecule has 3 N–H and O–H groups in total. The summed E-state index contributed by atoms with van der Waals surface area (Å²) >= 11 is 0. The van der Waals surface area contributed by atoms with Gasteiger partial charge in [0.2, 0.25) is 9.84 Å². The fraction of sp³-hybridized carbons (Fsp3) is 0.500. The maximum atomic E-state index is 12.3. The fourth-order valence-electron chi connectivity index (χ4n) is 2.73. The molecule has 0 spiro atoms. The zero-order valence-corrected chi connectivity index (χ0v) is 17.2. The Kier molecular flexibility index (Phi) is 10.6. The molecule has 0 bridgehead atoms. The lowest BCUT2D eigenvalue weighted by molar-refractivity contribution is -0.139. The van der Waals surface area contributed by atoms with Gasteiger partial charge in [0.1, 0.15) is 0 Å². The Morgan fingerprint density at radius 2 is 1.48 bits per heavy atom. The van der Waals surface area contributed by atoms with Gasteiger partial charge in [-0.25, -0.2) is 8.42 Å². The molecular formula is C20H29NO7S. The van der Waals surface area contributed by atoms with Crippen LogP contribution < -0.4 is 0 Å². The van der Waals surface area contributed by atoms with Gasteiger partial charge in [0.15, 0.2) is 0 Å². The lowest BCUT2D eigenvalue weighted by atomic mass is 10.1. The number of aliphatic carboxylic acids is 2. The average Bonchev–Trinajstić information content (AvgIpc) is 2.68. The Hall–Kier alpha value is -2.23. The average molecular weight is 428 g/mol. The number of carboxylic acids is 2. The van der Waals surface area contributed by atoms with Crippen LogP contribution in [0.25, 0.3) is 0 Å². The van der Waals surface area contributed by atoms with Crippen LogP contribution in [0, 0.1) is 0 Å². The van der Waals surface area contributed by atoms with E-state index in [0.29, 0.717) is 45.3 Å². The van der Waals surface area contributed by atoms with Crippen LogP contribution in [0.15, 0.2) is 46.7 Å². The first kappa shape index (κ1) is 24.8. The van der Waals surface area contributed by atoms with E-state index in [9.17, 15) is 23.1 Å². The van der Waals surface area contributed by atoms with Crippen molar-refractivity contribution in [1.82, 2.24) is 4.90 Å². The number of nitrogens with zero attached hydrogens (tertiary/aromatic N) is 1. The number of sulfone groups is 1. The van der Waals surface area contributed by atoms with E-state index < -0.39 is 21.8 Å². The van der Waals surface area contributed by atoms with Gasteiger partial charge >= 0.3 is 11.9 Å². The Morgan fingerprint density at radius 1 is 1.00 bits per heavy atom. The highest BCUT2D eigenvalue weighted by Gasteiger charge is 2.23. The van der Waals surface area contributed by atoms with Gasteiger partial charge in [-0.05, 0) is 37.8 Å². The van der Waals surface area contributed by atoms with Crippen molar-refractivity contribution in [3.05, 3.63) is 41.8 Å². The Balaban J connectivity index is 0.000000359. The quantitative estimate of drug-likeness (QED) is 0.511. The molecule has 1 heterocycles. The summed E-state index contributed by atoms with van der Waals surface area (Å²) < 4.78 is 24.6. The number of likely N-dealkylation sites (tertiary alicyclic amines) is 1. The van der Waals surface area contributed by atoms with E-state index in [-0.39, 0.29) is 28.7 Å². The largest absolute Gasteiger partial charge is 0.481 e. The second-order valence-electron chi connectivity index (χ2n) is 6.86. The molecule has 0 saturated carbocycles. The number of aliphatic hydroxyl groups excluding tert-OH is 1. The molecule has 1 fully saturated rings. The second kappa shape index (κ2) is 12.4. The molecule has 29 heavy (non-hydrogen) atoms. The maximum Gasteiger partial charge on any atom is 0.303 e. The van der Waals surface area contributed by atoms with Crippen molar-refractivity contribution in [3.63, 3.8) is 0 Å². The smallest absolute Gasteiger partial charge is 0.303 e. The van der Waals surface area contributed by atoms with Crippen molar-refractivity contribution in [3.8, 4) is 0 Å². The van der Waals surface area contributed by atoms with Crippen molar-refractivity contribution >= 4 is 21.8 Å². The van der Waals surface area contributed by atoms with E-state index in [4.69, 9.17) is 10.2 Å². The third-order valence-electron chi connectivity index (χ3n) is 4.42. The van der Waals surface area contributed by atoms with Crippen molar-refractivity contribution < 1.29 is 33.3 Å². The van der Waals surface area contributed by atoms with E-state index in [1.54, 1.807) is 30.3 Å². The van der Waals surface area contributed by atoms with Crippen LogP contribution in [-0.4, -0.2) is 66.3 Å². The van der Waals surface area contributed by atoms with E-state index in [2.05, 4.69) is 6.58 Å². The van der Waals surface area contributed by atoms with Crippen LogP contribution in [0.2, 0.25) is 0 Å². The number of rotatable bonds is 9. The summed E-state index contributed by atoms with van der Waals surface area (Å²) in [6.45, 7) is 5.49. The summed E-state index contributed by atoms with van der Waals surface area (Å²) in [6, 6.07) is 8.36. The van der Waals surface area contributed by atoms with E-state index in [1.165, 1.54) is 0 Å². The number of benzene rings is 1. The Morgan fingerprint density at radius 3 is 1.93 bits per heavy atom. The maximum absolute atomic E-state index is 12.3. The molecule has 8 nitrogen and oxygen atoms in total. The highest BCUT2D eigenvalue weighted by atomic mass is 32.2. The van der Waals surface area contributed by atoms with Gasteiger partial charge in [-0.3, -0.25) is 14.5 Å². The molecule has 0 aliphatic carbocycles. The summed E-state index contributed by atoms with van der Waals surface area (Å²) in [6.07, 6.45) is 2.15. The molecule has 2 rings (SSSR count). The second-order valence-corrected chi connectivity index (χ2v) is 8.91. The highest BCUT2D eigenvalue weighted by molar-refractivity contribution is 7.95. The van der Waals surface area contributed by atoms with Crippen LogP contribution >= 0.6 is 0 Å². The number of hydrogen-bond donors (Lipinski definition) is 3. The number of hydrogen-bond acceptors (Lipinski definition) is 6. The molecule has 1 aliphatic heterocycles. The lowest BCUT2D eigenvalue weighted by Crippen LogP contribution is -2.37. The van der Waals surface area contributed by atoms with Gasteiger partial charge in [0.05, 0.1) is 15.9 Å². The first-order valence-electron chi connectivity index (χ1n) is 9.45. The number of carboxylic acid groups (broad SMARTS) is 2. The molecule has 0 unspecified atom stereocenters. The minimum atomic E-state index is -3.45. The number of unbranched alkanes of at least 4 members (excludes halogenated alkanes) is 1. The third kappa shape index (κ3) is 9.69.